The van der Waals surface area contributed by atoms with E-state index in [4.69, 9.17) is 0 Å². The van der Waals surface area contributed by atoms with Gasteiger partial charge < -0.3 is 15.3 Å². The molecule has 2 rings (SSSR count). The van der Waals surface area contributed by atoms with Crippen molar-refractivity contribution in [3.8, 4) is 0 Å². The average Bonchev–Trinajstić information content (AvgIpc) is 2.96. The van der Waals surface area contributed by atoms with Crippen LogP contribution in [0.15, 0.2) is 12.3 Å². The predicted molar refractivity (Wildman–Crippen MR) is 81.4 cm³/mol. The fourth-order valence-electron chi connectivity index (χ4n) is 2.72. The molecule has 2 amide bonds. The number of piperidine rings is 1. The van der Waals surface area contributed by atoms with Crippen LogP contribution in [-0.4, -0.2) is 57.3 Å². The van der Waals surface area contributed by atoms with Gasteiger partial charge in [0.05, 0.1) is 18.6 Å². The lowest BCUT2D eigenvalue weighted by Gasteiger charge is -2.38. The molecular weight excluding hydrogens is 284 g/mol. The Morgan fingerprint density at radius 1 is 1.50 bits per heavy atom. The van der Waals surface area contributed by atoms with E-state index in [2.05, 4.69) is 10.4 Å². The SMILES string of the molecule is CNC(=O)CC1(O)CCCN(C(=O)c2ccn(C(C)C)n2)C1. The van der Waals surface area contributed by atoms with Crippen LogP contribution in [0.4, 0.5) is 0 Å². The van der Waals surface area contributed by atoms with Gasteiger partial charge in [0.15, 0.2) is 0 Å². The van der Waals surface area contributed by atoms with Crippen molar-refractivity contribution in [3.05, 3.63) is 18.0 Å². The van der Waals surface area contributed by atoms with Crippen molar-refractivity contribution in [3.63, 3.8) is 0 Å². The van der Waals surface area contributed by atoms with Crippen LogP contribution >= 0.6 is 0 Å². The van der Waals surface area contributed by atoms with Crippen molar-refractivity contribution in [2.75, 3.05) is 20.1 Å². The van der Waals surface area contributed by atoms with E-state index in [0.29, 0.717) is 25.1 Å². The third-order valence-electron chi connectivity index (χ3n) is 3.97. The van der Waals surface area contributed by atoms with Gasteiger partial charge in [0, 0.05) is 25.8 Å². The number of nitrogens with one attached hydrogen (secondary N) is 1. The van der Waals surface area contributed by atoms with Crippen molar-refractivity contribution < 1.29 is 14.7 Å². The first kappa shape index (κ1) is 16.5. The third kappa shape index (κ3) is 3.65. The number of rotatable bonds is 4. The number of hydrogen-bond donors (Lipinski definition) is 2. The highest BCUT2D eigenvalue weighted by Gasteiger charge is 2.37. The second kappa shape index (κ2) is 6.48. The Kier molecular flexibility index (Phi) is 4.85. The monoisotopic (exact) mass is 308 g/mol. The molecule has 122 valence electrons. The summed E-state index contributed by atoms with van der Waals surface area (Å²) in [6.07, 6.45) is 2.97. The third-order valence-corrected chi connectivity index (χ3v) is 3.97. The van der Waals surface area contributed by atoms with E-state index >= 15 is 0 Å². The van der Waals surface area contributed by atoms with Gasteiger partial charge in [0.2, 0.25) is 5.91 Å². The molecule has 1 atom stereocenters. The van der Waals surface area contributed by atoms with E-state index in [9.17, 15) is 14.7 Å². The predicted octanol–water partition coefficient (Wildman–Crippen LogP) is 0.567. The Balaban J connectivity index is 2.07. The molecule has 7 heteroatoms. The van der Waals surface area contributed by atoms with Crippen LogP contribution in [0.25, 0.3) is 0 Å². The molecule has 0 spiro atoms. The van der Waals surface area contributed by atoms with Gasteiger partial charge in [0.1, 0.15) is 5.69 Å². The summed E-state index contributed by atoms with van der Waals surface area (Å²) < 4.78 is 1.73. The van der Waals surface area contributed by atoms with Crippen molar-refractivity contribution in [1.82, 2.24) is 20.0 Å². The van der Waals surface area contributed by atoms with Crippen LogP contribution in [0, 0.1) is 0 Å². The number of nitrogens with zero attached hydrogens (tertiary/aromatic N) is 3. The quantitative estimate of drug-likeness (QED) is 0.851. The number of aliphatic hydroxyl groups is 1. The lowest BCUT2D eigenvalue weighted by Crippen LogP contribution is -2.52. The molecule has 7 nitrogen and oxygen atoms in total. The number of aromatic nitrogens is 2. The fourth-order valence-corrected chi connectivity index (χ4v) is 2.72. The van der Waals surface area contributed by atoms with Gasteiger partial charge in [0.25, 0.3) is 5.91 Å². The van der Waals surface area contributed by atoms with Gasteiger partial charge in [-0.2, -0.15) is 5.10 Å². The minimum Gasteiger partial charge on any atom is -0.388 e. The molecule has 2 heterocycles. The van der Waals surface area contributed by atoms with Crippen molar-refractivity contribution in [1.29, 1.82) is 0 Å². The minimum atomic E-state index is -1.16. The topological polar surface area (TPSA) is 87.5 Å². The van der Waals surface area contributed by atoms with E-state index in [0.717, 1.165) is 0 Å². The summed E-state index contributed by atoms with van der Waals surface area (Å²) in [4.78, 5) is 25.6. The number of β-amino-alcohol motifs (C(OH)–C–C–N with tert-alkyl or cyclic N) is 1. The maximum atomic E-state index is 12.5. The van der Waals surface area contributed by atoms with Crippen LogP contribution in [0.2, 0.25) is 0 Å². The fraction of sp³-hybridized carbons (Fsp3) is 0.667. The molecule has 1 aromatic heterocycles. The lowest BCUT2D eigenvalue weighted by molar-refractivity contribution is -0.127. The van der Waals surface area contributed by atoms with Gasteiger partial charge in [-0.25, -0.2) is 0 Å². The lowest BCUT2D eigenvalue weighted by atomic mass is 9.89. The molecule has 1 fully saturated rings. The molecule has 1 saturated heterocycles. The maximum absolute atomic E-state index is 12.5. The smallest absolute Gasteiger partial charge is 0.274 e. The summed E-state index contributed by atoms with van der Waals surface area (Å²) in [6.45, 7) is 4.71. The summed E-state index contributed by atoms with van der Waals surface area (Å²) in [5.41, 5.74) is -0.785. The molecular formula is C15H24N4O3. The van der Waals surface area contributed by atoms with Gasteiger partial charge >= 0.3 is 0 Å². The van der Waals surface area contributed by atoms with Gasteiger partial charge in [-0.05, 0) is 32.8 Å². The molecule has 22 heavy (non-hydrogen) atoms. The molecule has 0 bridgehead atoms. The van der Waals surface area contributed by atoms with Gasteiger partial charge in [-0.1, -0.05) is 0 Å². The minimum absolute atomic E-state index is 0.00765. The van der Waals surface area contributed by atoms with E-state index in [-0.39, 0.29) is 30.8 Å². The number of hydrogen-bond acceptors (Lipinski definition) is 4. The van der Waals surface area contributed by atoms with Crippen LogP contribution in [0.3, 0.4) is 0 Å². The Bertz CT molecular complexity index is 555. The van der Waals surface area contributed by atoms with E-state index in [1.165, 1.54) is 7.05 Å². The molecule has 1 aliphatic heterocycles. The summed E-state index contributed by atoms with van der Waals surface area (Å²) in [5, 5.41) is 17.3. The second-order valence-corrected chi connectivity index (χ2v) is 6.18. The van der Waals surface area contributed by atoms with Gasteiger partial charge in [-0.15, -0.1) is 0 Å². The standard InChI is InChI=1S/C15H24N4O3/c1-11(2)19-8-5-12(17-19)14(21)18-7-4-6-15(22,10-18)9-13(20)16-3/h5,8,11,22H,4,6-7,9-10H2,1-3H3,(H,16,20). The van der Waals surface area contributed by atoms with Crippen LogP contribution in [0.5, 0.6) is 0 Å². The first-order valence-corrected chi connectivity index (χ1v) is 7.62. The molecule has 1 aliphatic rings. The molecule has 0 aromatic carbocycles. The van der Waals surface area contributed by atoms with Gasteiger partial charge in [-0.3, -0.25) is 14.3 Å². The van der Waals surface area contributed by atoms with Crippen LogP contribution < -0.4 is 5.32 Å². The van der Waals surface area contributed by atoms with Crippen molar-refractivity contribution in [2.45, 2.75) is 44.8 Å². The first-order chi connectivity index (χ1) is 10.3. The number of amides is 2. The summed E-state index contributed by atoms with van der Waals surface area (Å²) in [5.74, 6) is -0.421. The zero-order chi connectivity index (χ0) is 16.3. The zero-order valence-corrected chi connectivity index (χ0v) is 13.4. The summed E-state index contributed by atoms with van der Waals surface area (Å²) in [6, 6.07) is 1.88. The van der Waals surface area contributed by atoms with Crippen LogP contribution in [0.1, 0.15) is 49.6 Å². The largest absolute Gasteiger partial charge is 0.388 e. The average molecular weight is 308 g/mol. The maximum Gasteiger partial charge on any atom is 0.274 e. The van der Waals surface area contributed by atoms with Crippen LogP contribution in [-0.2, 0) is 4.79 Å². The molecule has 0 aliphatic carbocycles. The van der Waals surface area contributed by atoms with Crippen molar-refractivity contribution in [2.24, 2.45) is 0 Å². The Morgan fingerprint density at radius 3 is 2.82 bits per heavy atom. The first-order valence-electron chi connectivity index (χ1n) is 7.62. The highest BCUT2D eigenvalue weighted by molar-refractivity contribution is 5.92. The molecule has 2 N–H and O–H groups in total. The van der Waals surface area contributed by atoms with E-state index < -0.39 is 5.60 Å². The molecule has 1 unspecified atom stereocenters. The second-order valence-electron chi connectivity index (χ2n) is 6.18. The molecule has 1 aromatic rings. The normalized spacial score (nSPS) is 22.0. The summed E-state index contributed by atoms with van der Waals surface area (Å²) >= 11 is 0. The number of carbonyl (C=O) groups is 2. The van der Waals surface area contributed by atoms with E-state index in [1.807, 2.05) is 13.8 Å². The zero-order valence-electron chi connectivity index (χ0n) is 13.4. The Labute approximate surface area is 130 Å². The Hall–Kier alpha value is -1.89. The summed E-state index contributed by atoms with van der Waals surface area (Å²) in [7, 11) is 1.54. The molecule has 0 radical (unpaired) electrons. The highest BCUT2D eigenvalue weighted by atomic mass is 16.3. The highest BCUT2D eigenvalue weighted by Crippen LogP contribution is 2.25. The van der Waals surface area contributed by atoms with Crippen molar-refractivity contribution >= 4 is 11.8 Å². The van der Waals surface area contributed by atoms with E-state index in [1.54, 1.807) is 21.8 Å². The number of likely N-dealkylation sites (tertiary alicyclic amines) is 1. The number of carbonyl (C=O) groups excluding carboxylic acids is 2. The Morgan fingerprint density at radius 2 is 2.23 bits per heavy atom. The molecule has 0 saturated carbocycles.